The molecule has 2 unspecified atom stereocenters. The summed E-state index contributed by atoms with van der Waals surface area (Å²) in [6.07, 6.45) is -4.18. The number of ether oxygens (including phenoxy) is 1. The van der Waals surface area contributed by atoms with Gasteiger partial charge in [-0.05, 0) is 31.0 Å². The van der Waals surface area contributed by atoms with Crippen molar-refractivity contribution in [2.75, 3.05) is 13.1 Å². The molecule has 0 aromatic heterocycles. The molecule has 1 aromatic rings. The number of alkyl halides is 3. The van der Waals surface area contributed by atoms with Crippen molar-refractivity contribution >= 4 is 5.69 Å². The van der Waals surface area contributed by atoms with Crippen LogP contribution < -0.4 is 10.1 Å². The van der Waals surface area contributed by atoms with Gasteiger partial charge in [0.2, 0.25) is 0 Å². The quantitative estimate of drug-likeness (QED) is 0.688. The largest absolute Gasteiger partial charge is 0.489 e. The summed E-state index contributed by atoms with van der Waals surface area (Å²) >= 11 is 0. The first-order valence-electron chi connectivity index (χ1n) is 6.52. The van der Waals surface area contributed by atoms with Crippen LogP contribution in [0.2, 0.25) is 0 Å². The van der Waals surface area contributed by atoms with E-state index < -0.39 is 22.4 Å². The molecule has 0 amide bonds. The number of benzene rings is 1. The first-order valence-corrected chi connectivity index (χ1v) is 6.52. The fourth-order valence-corrected chi connectivity index (χ4v) is 2.27. The normalized spacial score (nSPS) is 22.9. The number of nitrogens with zero attached hydrogens (tertiary/aromatic N) is 1. The van der Waals surface area contributed by atoms with Gasteiger partial charge in [0.1, 0.15) is 17.4 Å². The maximum Gasteiger partial charge on any atom is 0.423 e. The number of hydrogen-bond donors (Lipinski definition) is 1. The fraction of sp³-hybridized carbons (Fsp3) is 0.538. The lowest BCUT2D eigenvalue weighted by atomic mass is 9.97. The average molecular weight is 304 g/mol. The molecule has 1 heterocycles. The number of rotatable bonds is 3. The molecule has 1 saturated heterocycles. The second kappa shape index (κ2) is 5.88. The molecule has 21 heavy (non-hydrogen) atoms. The molecule has 1 aromatic carbocycles. The minimum absolute atomic E-state index is 0.00604. The second-order valence-electron chi connectivity index (χ2n) is 5.06. The first-order chi connectivity index (χ1) is 9.79. The highest BCUT2D eigenvalue weighted by Gasteiger charge is 2.39. The van der Waals surface area contributed by atoms with Gasteiger partial charge in [-0.3, -0.25) is 10.1 Å². The van der Waals surface area contributed by atoms with E-state index in [1.807, 2.05) is 6.92 Å². The molecule has 8 heteroatoms. The molecule has 1 aliphatic rings. The predicted octanol–water partition coefficient (Wildman–Crippen LogP) is 2.99. The van der Waals surface area contributed by atoms with Crippen molar-refractivity contribution in [2.24, 2.45) is 5.92 Å². The van der Waals surface area contributed by atoms with Crippen LogP contribution in [-0.2, 0) is 6.18 Å². The Labute approximate surface area is 119 Å². The summed E-state index contributed by atoms with van der Waals surface area (Å²) in [6, 6.07) is 2.73. The van der Waals surface area contributed by atoms with Gasteiger partial charge < -0.3 is 10.1 Å². The maximum absolute atomic E-state index is 12.9. The van der Waals surface area contributed by atoms with Crippen molar-refractivity contribution in [2.45, 2.75) is 25.6 Å². The Morgan fingerprint density at radius 3 is 2.71 bits per heavy atom. The van der Waals surface area contributed by atoms with Gasteiger partial charge in [-0.15, -0.1) is 0 Å². The van der Waals surface area contributed by atoms with E-state index in [2.05, 4.69) is 5.32 Å². The van der Waals surface area contributed by atoms with Crippen LogP contribution in [0.1, 0.15) is 18.9 Å². The smallest absolute Gasteiger partial charge is 0.423 e. The van der Waals surface area contributed by atoms with E-state index in [0.717, 1.165) is 19.0 Å². The summed E-state index contributed by atoms with van der Waals surface area (Å²) in [7, 11) is 0. The summed E-state index contributed by atoms with van der Waals surface area (Å²) < 4.78 is 44.2. The highest BCUT2D eigenvalue weighted by atomic mass is 19.4. The van der Waals surface area contributed by atoms with Crippen LogP contribution in [0.25, 0.3) is 0 Å². The van der Waals surface area contributed by atoms with E-state index in [0.29, 0.717) is 12.6 Å². The number of hydrogen-bond acceptors (Lipinski definition) is 4. The molecule has 0 radical (unpaired) electrons. The minimum Gasteiger partial charge on any atom is -0.489 e. The minimum atomic E-state index is -4.79. The summed E-state index contributed by atoms with van der Waals surface area (Å²) in [5.41, 5.74) is -2.26. The van der Waals surface area contributed by atoms with Crippen molar-refractivity contribution < 1.29 is 22.8 Å². The van der Waals surface area contributed by atoms with Crippen LogP contribution in [0.4, 0.5) is 18.9 Å². The Morgan fingerprint density at radius 2 is 2.14 bits per heavy atom. The SMILES string of the molecule is CC1CCNCC1Oc1ccc([N+](=O)[O-])c(C(F)(F)F)c1. The molecule has 2 rings (SSSR count). The number of piperidine rings is 1. The topological polar surface area (TPSA) is 64.4 Å². The average Bonchev–Trinajstić information content (AvgIpc) is 2.40. The third-order valence-electron chi connectivity index (χ3n) is 3.51. The Balaban J connectivity index is 2.27. The van der Waals surface area contributed by atoms with Crippen LogP contribution in [-0.4, -0.2) is 24.1 Å². The predicted molar refractivity (Wildman–Crippen MR) is 69.2 cm³/mol. The standard InChI is InChI=1S/C13H15F3N2O3/c1-8-4-5-17-7-12(8)21-9-2-3-11(18(19)20)10(6-9)13(14,15)16/h2-3,6,8,12,17H,4-5,7H2,1H3. The van der Waals surface area contributed by atoms with E-state index in [-0.39, 0.29) is 17.8 Å². The molecular formula is C13H15F3N2O3. The third kappa shape index (κ3) is 3.63. The monoisotopic (exact) mass is 304 g/mol. The van der Waals surface area contributed by atoms with E-state index in [1.54, 1.807) is 0 Å². The molecular weight excluding hydrogens is 289 g/mol. The zero-order chi connectivity index (χ0) is 15.6. The van der Waals surface area contributed by atoms with Gasteiger partial charge in [0.25, 0.3) is 5.69 Å². The van der Waals surface area contributed by atoms with Crippen LogP contribution in [0.5, 0.6) is 5.75 Å². The van der Waals surface area contributed by atoms with Gasteiger partial charge in [-0.25, -0.2) is 0 Å². The lowest BCUT2D eigenvalue weighted by molar-refractivity contribution is -0.388. The van der Waals surface area contributed by atoms with Crippen molar-refractivity contribution in [1.29, 1.82) is 0 Å². The zero-order valence-corrected chi connectivity index (χ0v) is 11.3. The lowest BCUT2D eigenvalue weighted by Gasteiger charge is -2.30. The highest BCUT2D eigenvalue weighted by Crippen LogP contribution is 2.38. The van der Waals surface area contributed by atoms with Crippen LogP contribution in [0.3, 0.4) is 0 Å². The fourth-order valence-electron chi connectivity index (χ4n) is 2.27. The van der Waals surface area contributed by atoms with E-state index in [4.69, 9.17) is 4.74 Å². The van der Waals surface area contributed by atoms with E-state index in [1.165, 1.54) is 6.07 Å². The molecule has 2 atom stereocenters. The van der Waals surface area contributed by atoms with Gasteiger partial charge in [0.05, 0.1) is 4.92 Å². The summed E-state index contributed by atoms with van der Waals surface area (Å²) in [4.78, 5) is 9.63. The number of nitro benzene ring substituents is 1. The molecule has 1 aliphatic heterocycles. The Hall–Kier alpha value is -1.83. The summed E-state index contributed by atoms with van der Waals surface area (Å²) in [6.45, 7) is 3.34. The van der Waals surface area contributed by atoms with E-state index in [9.17, 15) is 23.3 Å². The van der Waals surface area contributed by atoms with Crippen LogP contribution in [0, 0.1) is 16.0 Å². The first kappa shape index (κ1) is 15.6. The number of halogens is 3. The molecule has 1 N–H and O–H groups in total. The highest BCUT2D eigenvalue weighted by molar-refractivity contribution is 5.47. The molecule has 1 fully saturated rings. The molecule has 116 valence electrons. The molecule has 0 spiro atoms. The third-order valence-corrected chi connectivity index (χ3v) is 3.51. The molecule has 0 aliphatic carbocycles. The molecule has 5 nitrogen and oxygen atoms in total. The van der Waals surface area contributed by atoms with Crippen LogP contribution in [0.15, 0.2) is 18.2 Å². The van der Waals surface area contributed by atoms with Crippen molar-refractivity contribution in [3.05, 3.63) is 33.9 Å². The second-order valence-corrected chi connectivity index (χ2v) is 5.06. The summed E-state index contributed by atoms with van der Waals surface area (Å²) in [5, 5.41) is 13.8. The Morgan fingerprint density at radius 1 is 1.43 bits per heavy atom. The summed E-state index contributed by atoms with van der Waals surface area (Å²) in [5.74, 6) is 0.198. The lowest BCUT2D eigenvalue weighted by Crippen LogP contribution is -2.42. The number of nitrogens with one attached hydrogen (secondary N) is 1. The number of nitro groups is 1. The molecule has 0 saturated carbocycles. The van der Waals surface area contributed by atoms with Gasteiger partial charge in [0, 0.05) is 12.6 Å². The van der Waals surface area contributed by atoms with E-state index >= 15 is 0 Å². The van der Waals surface area contributed by atoms with Crippen molar-refractivity contribution in [1.82, 2.24) is 5.32 Å². The maximum atomic E-state index is 12.9. The van der Waals surface area contributed by atoms with Gasteiger partial charge >= 0.3 is 6.18 Å². The molecule has 0 bridgehead atoms. The van der Waals surface area contributed by atoms with Gasteiger partial charge in [0.15, 0.2) is 0 Å². The van der Waals surface area contributed by atoms with Gasteiger partial charge in [-0.1, -0.05) is 6.92 Å². The van der Waals surface area contributed by atoms with Crippen LogP contribution >= 0.6 is 0 Å². The Kier molecular flexibility index (Phi) is 4.36. The van der Waals surface area contributed by atoms with Crippen molar-refractivity contribution in [3.8, 4) is 5.75 Å². The Bertz CT molecular complexity index is 534. The zero-order valence-electron chi connectivity index (χ0n) is 11.3. The van der Waals surface area contributed by atoms with Crippen molar-refractivity contribution in [3.63, 3.8) is 0 Å². The van der Waals surface area contributed by atoms with Gasteiger partial charge in [-0.2, -0.15) is 13.2 Å².